The minimum absolute atomic E-state index is 0.171. The van der Waals surface area contributed by atoms with E-state index in [2.05, 4.69) is 114 Å². The molecule has 0 aliphatic heterocycles. The van der Waals surface area contributed by atoms with Crippen molar-refractivity contribution in [1.82, 2.24) is 4.57 Å². The van der Waals surface area contributed by atoms with Gasteiger partial charge >= 0.3 is 0 Å². The lowest BCUT2D eigenvalue weighted by Crippen LogP contribution is -2.25. The number of fused-ring (bicyclic) bond motifs is 3. The first-order valence-electron chi connectivity index (χ1n) is 11.4. The van der Waals surface area contributed by atoms with E-state index in [-0.39, 0.29) is 19.0 Å². The quantitative estimate of drug-likeness (QED) is 0.309. The number of para-hydroxylation sites is 2. The van der Waals surface area contributed by atoms with Crippen LogP contribution in [0.25, 0.3) is 21.8 Å². The maximum Gasteiger partial charge on any atom is 0.0548 e. The Hall–Kier alpha value is -2.89. The third-order valence-electron chi connectivity index (χ3n) is 6.49. The third-order valence-corrected chi connectivity index (χ3v) is 12.6. The van der Waals surface area contributed by atoms with E-state index < -0.39 is 0 Å². The molecule has 0 N–H and O–H groups in total. The molecule has 0 saturated heterocycles. The van der Waals surface area contributed by atoms with Crippen molar-refractivity contribution >= 4 is 46.0 Å². The SMILES string of the molecule is c1ccc(C[SiH2]C(CCn2c3ccccc3c3ccccc32)[SiH2]c2ccccc2)cc1. The number of aryl methyl sites for hydroxylation is 1. The van der Waals surface area contributed by atoms with Gasteiger partial charge in [0, 0.05) is 37.9 Å². The molecule has 154 valence electrons. The lowest BCUT2D eigenvalue weighted by Gasteiger charge is -2.18. The van der Waals surface area contributed by atoms with E-state index in [9.17, 15) is 0 Å². The highest BCUT2D eigenvalue weighted by Gasteiger charge is 2.15. The van der Waals surface area contributed by atoms with Crippen molar-refractivity contribution in [2.24, 2.45) is 0 Å². The van der Waals surface area contributed by atoms with Gasteiger partial charge < -0.3 is 4.57 Å². The Morgan fingerprint density at radius 2 is 1.16 bits per heavy atom. The van der Waals surface area contributed by atoms with Crippen LogP contribution in [0.4, 0.5) is 0 Å². The van der Waals surface area contributed by atoms with Gasteiger partial charge in [-0.1, -0.05) is 113 Å². The fourth-order valence-corrected chi connectivity index (χ4v) is 10.4. The smallest absolute Gasteiger partial charge is 0.0548 e. The predicted molar refractivity (Wildman–Crippen MR) is 141 cm³/mol. The van der Waals surface area contributed by atoms with Crippen LogP contribution < -0.4 is 5.19 Å². The Morgan fingerprint density at radius 1 is 0.613 bits per heavy atom. The molecule has 0 radical (unpaired) electrons. The highest BCUT2D eigenvalue weighted by atomic mass is 28.3. The molecule has 1 heterocycles. The van der Waals surface area contributed by atoms with Crippen LogP contribution in [0.2, 0.25) is 5.16 Å². The van der Waals surface area contributed by atoms with Crippen LogP contribution in [0.15, 0.2) is 109 Å². The van der Waals surface area contributed by atoms with Gasteiger partial charge in [0.05, 0.1) is 9.52 Å². The molecule has 0 bridgehead atoms. The van der Waals surface area contributed by atoms with Crippen LogP contribution in [0.3, 0.4) is 0 Å². The van der Waals surface area contributed by atoms with E-state index in [1.54, 1.807) is 5.19 Å². The summed E-state index contributed by atoms with van der Waals surface area (Å²) >= 11 is 0. The molecule has 0 aliphatic rings. The molecule has 31 heavy (non-hydrogen) atoms. The van der Waals surface area contributed by atoms with Crippen LogP contribution in [-0.2, 0) is 12.6 Å². The first-order valence-corrected chi connectivity index (χ1v) is 14.8. The molecular weight excluding hydrogens is 406 g/mol. The molecule has 0 saturated carbocycles. The molecule has 4 aromatic carbocycles. The van der Waals surface area contributed by atoms with Crippen LogP contribution in [0.1, 0.15) is 12.0 Å². The summed E-state index contributed by atoms with van der Waals surface area (Å²) in [6.45, 7) is 1.13. The van der Waals surface area contributed by atoms with Crippen molar-refractivity contribution in [3.05, 3.63) is 115 Å². The molecule has 5 rings (SSSR count). The highest BCUT2D eigenvalue weighted by molar-refractivity contribution is 6.67. The number of hydrogen-bond donors (Lipinski definition) is 0. The van der Waals surface area contributed by atoms with Gasteiger partial charge in [0.2, 0.25) is 0 Å². The second kappa shape index (κ2) is 9.50. The van der Waals surface area contributed by atoms with Gasteiger partial charge in [0.25, 0.3) is 0 Å². The molecule has 0 fully saturated rings. The number of aromatic nitrogens is 1. The van der Waals surface area contributed by atoms with E-state index in [0.717, 1.165) is 11.7 Å². The van der Waals surface area contributed by atoms with Crippen LogP contribution in [-0.4, -0.2) is 23.6 Å². The van der Waals surface area contributed by atoms with Crippen molar-refractivity contribution in [1.29, 1.82) is 0 Å². The van der Waals surface area contributed by atoms with Gasteiger partial charge in [-0.05, 0) is 24.6 Å². The van der Waals surface area contributed by atoms with E-state index in [4.69, 9.17) is 0 Å². The van der Waals surface area contributed by atoms with E-state index in [0.29, 0.717) is 0 Å². The van der Waals surface area contributed by atoms with E-state index in [1.807, 2.05) is 0 Å². The summed E-state index contributed by atoms with van der Waals surface area (Å²) in [6, 6.07) is 41.5. The normalized spacial score (nSPS) is 13.2. The number of benzene rings is 4. The molecule has 1 aromatic heterocycles. The van der Waals surface area contributed by atoms with Crippen molar-refractivity contribution in [2.75, 3.05) is 0 Å². The predicted octanol–water partition coefficient (Wildman–Crippen LogP) is 4.79. The third kappa shape index (κ3) is 4.58. The average molecular weight is 436 g/mol. The highest BCUT2D eigenvalue weighted by Crippen LogP contribution is 2.29. The van der Waals surface area contributed by atoms with Crippen LogP contribution in [0.5, 0.6) is 0 Å². The molecule has 0 aliphatic carbocycles. The lowest BCUT2D eigenvalue weighted by atomic mass is 10.2. The Balaban J connectivity index is 1.39. The number of hydrogen-bond acceptors (Lipinski definition) is 0. The number of nitrogens with zero attached hydrogens (tertiary/aromatic N) is 1. The zero-order chi connectivity index (χ0) is 20.9. The zero-order valence-electron chi connectivity index (χ0n) is 18.0. The summed E-state index contributed by atoms with van der Waals surface area (Å²) in [6.07, 6.45) is 1.31. The Bertz CT molecular complexity index is 1210. The van der Waals surface area contributed by atoms with Crippen molar-refractivity contribution in [3.63, 3.8) is 0 Å². The monoisotopic (exact) mass is 435 g/mol. The maximum atomic E-state index is 2.58. The minimum atomic E-state index is -0.267. The van der Waals surface area contributed by atoms with Gasteiger partial charge in [-0.2, -0.15) is 0 Å². The summed E-state index contributed by atoms with van der Waals surface area (Å²) in [5.41, 5.74) is 4.29. The van der Waals surface area contributed by atoms with Crippen molar-refractivity contribution in [2.45, 2.75) is 24.2 Å². The fraction of sp³-hybridized carbons (Fsp3) is 0.143. The van der Waals surface area contributed by atoms with Gasteiger partial charge in [-0.3, -0.25) is 0 Å². The summed E-state index contributed by atoms with van der Waals surface area (Å²) in [5, 5.41) is 5.32. The summed E-state index contributed by atoms with van der Waals surface area (Å²) in [5.74, 6) is 0. The molecule has 0 amide bonds. The standard InChI is InChI=1S/C28H29NSi2/c1-3-11-22(12-4-1)21-30-28(31-23-13-5-2-6-14-23)19-20-29-26-17-9-7-15-24(26)25-16-8-10-18-27(25)29/h1-18,28H,19-21,30-31H2. The van der Waals surface area contributed by atoms with Gasteiger partial charge in [-0.25, -0.2) is 0 Å². The lowest BCUT2D eigenvalue weighted by molar-refractivity contribution is 0.702. The van der Waals surface area contributed by atoms with Gasteiger partial charge in [-0.15, -0.1) is 0 Å². The second-order valence-corrected chi connectivity index (χ2v) is 14.3. The molecule has 1 nitrogen and oxygen atoms in total. The largest absolute Gasteiger partial charge is 0.340 e. The molecule has 1 atom stereocenters. The van der Waals surface area contributed by atoms with Gasteiger partial charge in [0.1, 0.15) is 0 Å². The van der Waals surface area contributed by atoms with E-state index >= 15 is 0 Å². The Kier molecular flexibility index (Phi) is 6.14. The number of rotatable bonds is 8. The first-order chi connectivity index (χ1) is 15.4. The Morgan fingerprint density at radius 3 is 1.81 bits per heavy atom. The van der Waals surface area contributed by atoms with E-state index in [1.165, 1.54) is 39.8 Å². The molecular formula is C28H29NSi2. The minimum Gasteiger partial charge on any atom is -0.340 e. The second-order valence-electron chi connectivity index (χ2n) is 8.55. The molecule has 1 unspecified atom stereocenters. The maximum absolute atomic E-state index is 2.58. The van der Waals surface area contributed by atoms with Crippen LogP contribution >= 0.6 is 0 Å². The zero-order valence-corrected chi connectivity index (χ0v) is 20.8. The summed E-state index contributed by atoms with van der Waals surface area (Å²) in [4.78, 5) is 0. The molecule has 0 spiro atoms. The first kappa shape index (κ1) is 20.0. The summed E-state index contributed by atoms with van der Waals surface area (Å²) in [7, 11) is -0.438. The average Bonchev–Trinajstić information content (AvgIpc) is 3.16. The van der Waals surface area contributed by atoms with Crippen molar-refractivity contribution < 1.29 is 0 Å². The van der Waals surface area contributed by atoms with Gasteiger partial charge in [0.15, 0.2) is 0 Å². The molecule has 5 aromatic rings. The Labute approximate surface area is 189 Å². The molecule has 3 heteroatoms. The van der Waals surface area contributed by atoms with Crippen molar-refractivity contribution in [3.8, 4) is 0 Å². The summed E-state index contributed by atoms with van der Waals surface area (Å²) < 4.78 is 2.58. The fourth-order valence-electron chi connectivity index (χ4n) is 4.87. The topological polar surface area (TPSA) is 4.93 Å². The van der Waals surface area contributed by atoms with Crippen LogP contribution in [0, 0.1) is 0 Å².